The lowest BCUT2D eigenvalue weighted by Gasteiger charge is -2.25. The van der Waals surface area contributed by atoms with Crippen LogP contribution < -0.4 is 10.6 Å². The summed E-state index contributed by atoms with van der Waals surface area (Å²) in [6, 6.07) is 9.02. The highest BCUT2D eigenvalue weighted by Crippen LogP contribution is 2.28. The normalized spacial score (nSPS) is 12.8. The Morgan fingerprint density at radius 2 is 1.44 bits per heavy atom. The van der Waals surface area contributed by atoms with E-state index in [9.17, 15) is 29.0 Å². The number of amides is 2. The van der Waals surface area contributed by atoms with Gasteiger partial charge in [0.25, 0.3) is 0 Å². The van der Waals surface area contributed by atoms with Crippen molar-refractivity contribution < 1.29 is 38.5 Å². The summed E-state index contributed by atoms with van der Waals surface area (Å²) < 4.78 is 24.0. The molecule has 2 aromatic rings. The van der Waals surface area contributed by atoms with Gasteiger partial charge in [-0.05, 0) is 69.2 Å². The zero-order valence-electron chi connectivity index (χ0n) is 23.8. The number of nitrogens with one attached hydrogen (secondary N) is 2. The van der Waals surface area contributed by atoms with Gasteiger partial charge in [-0.2, -0.15) is 0 Å². The highest BCUT2D eigenvalue weighted by molar-refractivity contribution is 8.00. The van der Waals surface area contributed by atoms with Crippen LogP contribution in [-0.4, -0.2) is 77.2 Å². The van der Waals surface area contributed by atoms with Crippen LogP contribution in [0.1, 0.15) is 38.8 Å². The number of carbonyl (C=O) groups is 3. The average Bonchev–Trinajstić information content (AvgIpc) is 2.90. The fraction of sp³-hybridized carbons (Fsp3) is 0.483. The van der Waals surface area contributed by atoms with E-state index in [0.29, 0.717) is 17.1 Å². The molecular formula is C29H39FN2O7S2. The molecule has 0 aliphatic rings. The molecule has 0 spiro atoms. The van der Waals surface area contributed by atoms with Gasteiger partial charge in [0.05, 0.1) is 19.8 Å². The Balaban J connectivity index is 2.37. The molecule has 2 amide bonds. The number of hydrogen-bond acceptors (Lipinski definition) is 9. The van der Waals surface area contributed by atoms with Crippen molar-refractivity contribution in [2.75, 3.05) is 31.3 Å². The highest BCUT2D eigenvalue weighted by atomic mass is 32.2. The predicted molar refractivity (Wildman–Crippen MR) is 158 cm³/mol. The Kier molecular flexibility index (Phi) is 14.5. The second-order valence-electron chi connectivity index (χ2n) is 10.0. The molecule has 0 aliphatic carbocycles. The van der Waals surface area contributed by atoms with Crippen molar-refractivity contribution in [2.24, 2.45) is 0 Å². The Morgan fingerprint density at radius 1 is 0.878 bits per heavy atom. The van der Waals surface area contributed by atoms with E-state index in [1.807, 2.05) is 18.2 Å². The molecule has 0 fully saturated rings. The summed E-state index contributed by atoms with van der Waals surface area (Å²) in [6.07, 6.45) is -0.680. The summed E-state index contributed by atoms with van der Waals surface area (Å²) >= 11 is 2.87. The van der Waals surface area contributed by atoms with E-state index in [2.05, 4.69) is 10.6 Å². The van der Waals surface area contributed by atoms with Gasteiger partial charge in [0.2, 0.25) is 5.91 Å². The third-order valence-corrected chi connectivity index (χ3v) is 7.26. The van der Waals surface area contributed by atoms with E-state index in [-0.39, 0.29) is 32.7 Å². The van der Waals surface area contributed by atoms with Gasteiger partial charge in [-0.25, -0.2) is 14.0 Å². The molecule has 226 valence electrons. The van der Waals surface area contributed by atoms with Crippen molar-refractivity contribution in [2.45, 2.75) is 68.0 Å². The first-order valence-electron chi connectivity index (χ1n) is 13.3. The van der Waals surface area contributed by atoms with Crippen LogP contribution in [0.5, 0.6) is 0 Å². The number of benzene rings is 2. The fourth-order valence-corrected chi connectivity index (χ4v) is 5.32. The number of halogens is 1. The van der Waals surface area contributed by atoms with Gasteiger partial charge in [-0.15, -0.1) is 23.5 Å². The summed E-state index contributed by atoms with van der Waals surface area (Å²) in [5, 5.41) is 23.9. The maximum atomic E-state index is 13.6. The summed E-state index contributed by atoms with van der Waals surface area (Å²) in [4.78, 5) is 40.8. The van der Waals surface area contributed by atoms with Crippen LogP contribution in [0.4, 0.5) is 9.18 Å². The monoisotopic (exact) mass is 610 g/mol. The lowest BCUT2D eigenvalue weighted by Crippen LogP contribution is -2.54. The minimum absolute atomic E-state index is 0.0114. The maximum absolute atomic E-state index is 13.6. The van der Waals surface area contributed by atoms with Crippen molar-refractivity contribution in [3.8, 4) is 0 Å². The van der Waals surface area contributed by atoms with Gasteiger partial charge in [-0.1, -0.05) is 12.1 Å². The molecule has 12 heteroatoms. The van der Waals surface area contributed by atoms with Gasteiger partial charge in [0, 0.05) is 34.1 Å². The van der Waals surface area contributed by atoms with Crippen LogP contribution in [0, 0.1) is 5.82 Å². The Morgan fingerprint density at radius 3 is 1.95 bits per heavy atom. The quantitative estimate of drug-likeness (QED) is 0.176. The predicted octanol–water partition coefficient (Wildman–Crippen LogP) is 3.72. The molecule has 0 saturated carbocycles. The molecule has 0 radical (unpaired) electrons. The average molecular weight is 611 g/mol. The summed E-state index contributed by atoms with van der Waals surface area (Å²) in [5.41, 5.74) is 0.521. The van der Waals surface area contributed by atoms with E-state index in [1.165, 1.54) is 47.8 Å². The van der Waals surface area contributed by atoms with Crippen LogP contribution in [0.15, 0.2) is 52.3 Å². The van der Waals surface area contributed by atoms with Crippen molar-refractivity contribution in [1.29, 1.82) is 0 Å². The summed E-state index contributed by atoms with van der Waals surface area (Å²) in [5.74, 6) is -0.778. The summed E-state index contributed by atoms with van der Waals surface area (Å²) in [6.45, 7) is 6.83. The number of hydrogen-bond donors (Lipinski definition) is 4. The van der Waals surface area contributed by atoms with Crippen LogP contribution in [0.25, 0.3) is 0 Å². The molecule has 0 saturated heterocycles. The SMILES string of the molecule is CCOC(=O)[C@H](Cc1ccc(F)cc1)NC(=O)[C@H](Cc1cc(SCCO)cc(SCCO)c1)NC(=O)OC(C)(C)C. The number of aliphatic hydroxyl groups is 2. The van der Waals surface area contributed by atoms with Crippen molar-refractivity contribution >= 4 is 41.5 Å². The van der Waals surface area contributed by atoms with E-state index < -0.39 is 41.5 Å². The molecule has 41 heavy (non-hydrogen) atoms. The van der Waals surface area contributed by atoms with E-state index in [1.54, 1.807) is 27.7 Å². The lowest BCUT2D eigenvalue weighted by atomic mass is 10.0. The summed E-state index contributed by atoms with van der Waals surface area (Å²) in [7, 11) is 0. The molecule has 2 atom stereocenters. The number of aliphatic hydroxyl groups excluding tert-OH is 2. The highest BCUT2D eigenvalue weighted by Gasteiger charge is 2.30. The Labute approximate surface area is 249 Å². The van der Waals surface area contributed by atoms with Gasteiger partial charge in [-0.3, -0.25) is 4.79 Å². The molecule has 0 heterocycles. The van der Waals surface area contributed by atoms with Gasteiger partial charge >= 0.3 is 12.1 Å². The van der Waals surface area contributed by atoms with Crippen molar-refractivity contribution in [3.63, 3.8) is 0 Å². The molecule has 0 aliphatic heterocycles. The number of rotatable bonds is 15. The number of alkyl carbamates (subject to hydrolysis) is 1. The molecule has 0 bridgehead atoms. The van der Waals surface area contributed by atoms with E-state index >= 15 is 0 Å². The van der Waals surface area contributed by atoms with E-state index in [4.69, 9.17) is 9.47 Å². The van der Waals surface area contributed by atoms with E-state index in [0.717, 1.165) is 15.4 Å². The maximum Gasteiger partial charge on any atom is 0.408 e. The first kappa shape index (κ1) is 34.4. The number of carbonyl (C=O) groups excluding carboxylic acids is 3. The van der Waals surface area contributed by atoms with Crippen molar-refractivity contribution in [3.05, 3.63) is 59.4 Å². The molecule has 0 aromatic heterocycles. The van der Waals surface area contributed by atoms with Crippen LogP contribution >= 0.6 is 23.5 Å². The first-order valence-corrected chi connectivity index (χ1v) is 15.2. The smallest absolute Gasteiger partial charge is 0.408 e. The zero-order chi connectivity index (χ0) is 30.4. The molecule has 2 rings (SSSR count). The molecule has 0 unspecified atom stereocenters. The Hall–Kier alpha value is -2.80. The van der Waals surface area contributed by atoms with Crippen LogP contribution in [-0.2, 0) is 31.9 Å². The molecule has 4 N–H and O–H groups in total. The van der Waals surface area contributed by atoms with Crippen LogP contribution in [0.2, 0.25) is 0 Å². The van der Waals surface area contributed by atoms with Gasteiger partial charge < -0.3 is 30.3 Å². The molecule has 9 nitrogen and oxygen atoms in total. The Bertz CT molecular complexity index is 1120. The fourth-order valence-electron chi connectivity index (χ4n) is 3.70. The topological polar surface area (TPSA) is 134 Å². The second kappa shape index (κ2) is 17.2. The largest absolute Gasteiger partial charge is 0.464 e. The third kappa shape index (κ3) is 13.2. The number of thioether (sulfide) groups is 2. The number of esters is 1. The zero-order valence-corrected chi connectivity index (χ0v) is 25.4. The lowest BCUT2D eigenvalue weighted by molar-refractivity contribution is -0.147. The standard InChI is InChI=1S/C29H39FN2O7S2/c1-5-38-27(36)25(16-19-6-8-21(30)9-7-19)31-26(35)24(32-28(37)39-29(2,3)4)17-20-14-22(40-12-10-33)18-23(15-20)41-13-11-34/h6-9,14-15,18,24-25,33-34H,5,10-13,16-17H2,1-4H3,(H,31,35)(H,32,37)/t24-,25-/m0/s1. The minimum Gasteiger partial charge on any atom is -0.464 e. The molecular weight excluding hydrogens is 571 g/mol. The third-order valence-electron chi connectivity index (χ3n) is 5.35. The van der Waals surface area contributed by atoms with Gasteiger partial charge in [0.15, 0.2) is 0 Å². The molecule has 2 aromatic carbocycles. The minimum atomic E-state index is -1.12. The van der Waals surface area contributed by atoms with Crippen LogP contribution in [0.3, 0.4) is 0 Å². The number of ether oxygens (including phenoxy) is 2. The second-order valence-corrected chi connectivity index (χ2v) is 12.3. The van der Waals surface area contributed by atoms with Crippen molar-refractivity contribution in [1.82, 2.24) is 10.6 Å². The van der Waals surface area contributed by atoms with Gasteiger partial charge in [0.1, 0.15) is 23.5 Å². The first-order chi connectivity index (χ1) is 19.4.